The lowest BCUT2D eigenvalue weighted by Gasteiger charge is -2.17. The molecule has 1 atom stereocenters. The summed E-state index contributed by atoms with van der Waals surface area (Å²) in [4.78, 5) is 17.3. The van der Waals surface area contributed by atoms with Gasteiger partial charge in [0.2, 0.25) is 5.78 Å². The number of aliphatic hydroxyl groups is 1. The molecule has 0 aliphatic rings. The zero-order valence-corrected chi connectivity index (χ0v) is 16.1. The van der Waals surface area contributed by atoms with Crippen molar-refractivity contribution in [2.75, 3.05) is 0 Å². The van der Waals surface area contributed by atoms with Gasteiger partial charge in [-0.3, -0.25) is 9.78 Å². The van der Waals surface area contributed by atoms with Crippen LogP contribution < -0.4 is 5.73 Å². The van der Waals surface area contributed by atoms with Gasteiger partial charge in [0.1, 0.15) is 17.7 Å². The quantitative estimate of drug-likeness (QED) is 0.444. The van der Waals surface area contributed by atoms with Crippen molar-refractivity contribution in [3.63, 3.8) is 0 Å². The Morgan fingerprint density at radius 3 is 2.59 bits per heavy atom. The molecule has 3 rings (SSSR count). The highest BCUT2D eigenvalue weighted by molar-refractivity contribution is 9.11. The highest BCUT2D eigenvalue weighted by Gasteiger charge is 2.27. The SMILES string of the molecule is NC(=C(C(=O)c1ccc(Br)s1)C(O)c1cccnc1)c1ccc(F)cc1F. The number of carbonyl (C=O) groups is 1. The number of benzene rings is 1. The summed E-state index contributed by atoms with van der Waals surface area (Å²) in [5, 5.41) is 10.8. The van der Waals surface area contributed by atoms with E-state index in [9.17, 15) is 18.7 Å². The normalized spacial score (nSPS) is 13.2. The zero-order valence-electron chi connectivity index (χ0n) is 13.7. The maximum absolute atomic E-state index is 14.2. The molecule has 27 heavy (non-hydrogen) atoms. The van der Waals surface area contributed by atoms with Crippen LogP contribution in [0.5, 0.6) is 0 Å². The number of ketones is 1. The van der Waals surface area contributed by atoms with E-state index in [4.69, 9.17) is 5.73 Å². The van der Waals surface area contributed by atoms with Crippen molar-refractivity contribution in [3.05, 3.63) is 91.9 Å². The highest BCUT2D eigenvalue weighted by atomic mass is 79.9. The predicted octanol–water partition coefficient (Wildman–Crippen LogP) is 4.47. The Kier molecular flexibility index (Phi) is 5.79. The monoisotopic (exact) mass is 450 g/mol. The van der Waals surface area contributed by atoms with E-state index >= 15 is 0 Å². The summed E-state index contributed by atoms with van der Waals surface area (Å²) in [5.74, 6) is -2.25. The third-order valence-corrected chi connectivity index (χ3v) is 5.45. The molecule has 0 amide bonds. The van der Waals surface area contributed by atoms with Crippen molar-refractivity contribution in [2.45, 2.75) is 6.10 Å². The van der Waals surface area contributed by atoms with E-state index in [1.54, 1.807) is 24.3 Å². The minimum Gasteiger partial charge on any atom is -0.398 e. The molecule has 2 aromatic heterocycles. The third-order valence-electron chi connectivity index (χ3n) is 3.83. The second-order valence-electron chi connectivity index (χ2n) is 5.57. The minimum atomic E-state index is -1.43. The van der Waals surface area contributed by atoms with Crippen molar-refractivity contribution < 1.29 is 18.7 Å². The predicted molar refractivity (Wildman–Crippen MR) is 103 cm³/mol. The van der Waals surface area contributed by atoms with Crippen LogP contribution in [0.4, 0.5) is 8.78 Å². The van der Waals surface area contributed by atoms with Gasteiger partial charge in [0.15, 0.2) is 0 Å². The molecule has 3 aromatic rings. The van der Waals surface area contributed by atoms with Gasteiger partial charge in [0.05, 0.1) is 19.9 Å². The molecule has 0 fully saturated rings. The molecule has 0 aliphatic carbocycles. The lowest BCUT2D eigenvalue weighted by molar-refractivity contribution is 0.0992. The number of nitrogens with zero attached hydrogens (tertiary/aromatic N) is 1. The Labute approximate surface area is 166 Å². The molecule has 8 heteroatoms. The number of halogens is 3. The Morgan fingerprint density at radius 2 is 2.00 bits per heavy atom. The fourth-order valence-corrected chi connectivity index (χ4v) is 3.86. The van der Waals surface area contributed by atoms with Gasteiger partial charge in [-0.15, -0.1) is 11.3 Å². The van der Waals surface area contributed by atoms with E-state index in [0.717, 1.165) is 23.5 Å². The molecular weight excluding hydrogens is 438 g/mol. The van der Waals surface area contributed by atoms with Gasteiger partial charge in [-0.05, 0) is 46.3 Å². The van der Waals surface area contributed by atoms with Crippen LogP contribution in [0.15, 0.2) is 64.2 Å². The van der Waals surface area contributed by atoms with Crippen molar-refractivity contribution in [2.24, 2.45) is 5.73 Å². The number of aliphatic hydroxyl groups excluding tert-OH is 1. The van der Waals surface area contributed by atoms with Crippen molar-refractivity contribution in [1.82, 2.24) is 4.98 Å². The van der Waals surface area contributed by atoms with Crippen LogP contribution in [0.3, 0.4) is 0 Å². The zero-order chi connectivity index (χ0) is 19.6. The molecule has 0 aliphatic heterocycles. The van der Waals surface area contributed by atoms with Crippen LogP contribution in [0.1, 0.15) is 26.9 Å². The summed E-state index contributed by atoms with van der Waals surface area (Å²) >= 11 is 4.43. The molecule has 1 aromatic carbocycles. The minimum absolute atomic E-state index is 0.168. The number of rotatable bonds is 5. The van der Waals surface area contributed by atoms with Crippen LogP contribution in [0.2, 0.25) is 0 Å². The number of aromatic nitrogens is 1. The molecule has 3 N–H and O–H groups in total. The van der Waals surface area contributed by atoms with Crippen LogP contribution >= 0.6 is 27.3 Å². The smallest absolute Gasteiger partial charge is 0.204 e. The Morgan fingerprint density at radius 1 is 1.22 bits per heavy atom. The number of carbonyl (C=O) groups excluding carboxylic acids is 1. The fraction of sp³-hybridized carbons (Fsp3) is 0.0526. The van der Waals surface area contributed by atoms with E-state index in [-0.39, 0.29) is 16.8 Å². The highest BCUT2D eigenvalue weighted by Crippen LogP contribution is 2.33. The van der Waals surface area contributed by atoms with Crippen molar-refractivity contribution in [1.29, 1.82) is 0 Å². The van der Waals surface area contributed by atoms with Crippen LogP contribution in [0, 0.1) is 11.6 Å². The van der Waals surface area contributed by atoms with Gasteiger partial charge in [0, 0.05) is 29.6 Å². The molecular formula is C19H13BrF2N2O2S. The Hall–Kier alpha value is -2.42. The van der Waals surface area contributed by atoms with Gasteiger partial charge in [0.25, 0.3) is 0 Å². The third kappa shape index (κ3) is 4.13. The van der Waals surface area contributed by atoms with E-state index in [1.165, 1.54) is 12.4 Å². The summed E-state index contributed by atoms with van der Waals surface area (Å²) in [6, 6.07) is 9.25. The van der Waals surface area contributed by atoms with Crippen LogP contribution in [-0.4, -0.2) is 15.9 Å². The first-order chi connectivity index (χ1) is 12.9. The van der Waals surface area contributed by atoms with E-state index in [2.05, 4.69) is 20.9 Å². The van der Waals surface area contributed by atoms with Gasteiger partial charge in [-0.25, -0.2) is 8.78 Å². The van der Waals surface area contributed by atoms with Gasteiger partial charge in [-0.1, -0.05) is 6.07 Å². The molecule has 0 saturated carbocycles. The summed E-state index contributed by atoms with van der Waals surface area (Å²) in [6.45, 7) is 0. The van der Waals surface area contributed by atoms with E-state index in [1.807, 2.05) is 0 Å². The maximum Gasteiger partial charge on any atom is 0.204 e. The number of hydrogen-bond acceptors (Lipinski definition) is 5. The summed E-state index contributed by atoms with van der Waals surface area (Å²) in [5.41, 5.74) is 5.76. The fourth-order valence-electron chi connectivity index (χ4n) is 2.52. The molecule has 1 unspecified atom stereocenters. The first-order valence-corrected chi connectivity index (χ1v) is 9.32. The van der Waals surface area contributed by atoms with Crippen LogP contribution in [-0.2, 0) is 0 Å². The largest absolute Gasteiger partial charge is 0.398 e. The molecule has 2 heterocycles. The van der Waals surface area contributed by atoms with E-state index < -0.39 is 23.5 Å². The summed E-state index contributed by atoms with van der Waals surface area (Å²) in [7, 11) is 0. The van der Waals surface area contributed by atoms with Crippen molar-refractivity contribution in [3.8, 4) is 0 Å². The summed E-state index contributed by atoms with van der Waals surface area (Å²) < 4.78 is 28.2. The number of nitrogens with two attached hydrogens (primary N) is 1. The number of pyridine rings is 1. The Bertz CT molecular complexity index is 1020. The first-order valence-electron chi connectivity index (χ1n) is 7.71. The van der Waals surface area contributed by atoms with Crippen LogP contribution in [0.25, 0.3) is 5.70 Å². The Balaban J connectivity index is 2.18. The van der Waals surface area contributed by atoms with Gasteiger partial charge in [-0.2, -0.15) is 0 Å². The standard InChI is InChI=1S/C19H13BrF2N2O2S/c20-15-6-5-14(27-15)19(26)16(18(25)10-2-1-7-24-9-10)17(23)12-4-3-11(21)8-13(12)22/h1-9,18,25H,23H2. The van der Waals surface area contributed by atoms with Gasteiger partial charge >= 0.3 is 0 Å². The second kappa shape index (κ2) is 8.08. The van der Waals surface area contributed by atoms with Crippen molar-refractivity contribution >= 4 is 38.7 Å². The first kappa shape index (κ1) is 19.3. The average Bonchev–Trinajstić information content (AvgIpc) is 3.08. The lowest BCUT2D eigenvalue weighted by atomic mass is 9.93. The molecule has 0 spiro atoms. The molecule has 4 nitrogen and oxygen atoms in total. The van der Waals surface area contributed by atoms with E-state index in [0.29, 0.717) is 20.3 Å². The number of hydrogen-bond donors (Lipinski definition) is 2. The molecule has 0 bridgehead atoms. The topological polar surface area (TPSA) is 76.2 Å². The number of thiophene rings is 1. The number of Topliss-reactive ketones (excluding diaryl/α,β-unsaturated/α-hetero) is 1. The molecule has 0 radical (unpaired) electrons. The second-order valence-corrected chi connectivity index (χ2v) is 8.04. The summed E-state index contributed by atoms with van der Waals surface area (Å²) in [6.07, 6.45) is 1.47. The molecule has 138 valence electrons. The van der Waals surface area contributed by atoms with Gasteiger partial charge < -0.3 is 10.8 Å². The maximum atomic E-state index is 14.2. The molecule has 0 saturated heterocycles. The lowest BCUT2D eigenvalue weighted by Crippen LogP contribution is -2.18. The average molecular weight is 451 g/mol.